The van der Waals surface area contributed by atoms with E-state index in [9.17, 15) is 9.18 Å². The van der Waals surface area contributed by atoms with Gasteiger partial charge in [-0.2, -0.15) is 4.99 Å². The highest BCUT2D eigenvalue weighted by molar-refractivity contribution is 5.37. The molecule has 0 aliphatic heterocycles. The van der Waals surface area contributed by atoms with Crippen molar-refractivity contribution in [2.45, 2.75) is 19.9 Å². The molecule has 0 N–H and O–H groups in total. The van der Waals surface area contributed by atoms with E-state index in [1.54, 1.807) is 26.0 Å². The Hall–Kier alpha value is -1.47. The topological polar surface area (TPSA) is 29.4 Å². The molecule has 1 aromatic rings. The van der Waals surface area contributed by atoms with Gasteiger partial charge in [0, 0.05) is 5.56 Å². The standard InChI is InChI=1S/C10H10FNO/c1-7-4-3-5-9(11)10(7)8(2)12-6-13/h3-5,8H,1-2H3. The van der Waals surface area contributed by atoms with E-state index in [1.807, 2.05) is 0 Å². The Kier molecular flexibility index (Phi) is 2.93. The molecule has 68 valence electrons. The number of rotatable bonds is 2. The van der Waals surface area contributed by atoms with Crippen LogP contribution in [-0.2, 0) is 4.79 Å². The SMILES string of the molecule is Cc1cccc(F)c1C(C)N=C=O. The van der Waals surface area contributed by atoms with Crippen LogP contribution in [0.1, 0.15) is 24.1 Å². The second kappa shape index (κ2) is 3.97. The zero-order valence-corrected chi connectivity index (χ0v) is 7.54. The zero-order valence-electron chi connectivity index (χ0n) is 7.54. The number of nitrogens with zero attached hydrogens (tertiary/aromatic N) is 1. The van der Waals surface area contributed by atoms with Crippen molar-refractivity contribution in [3.8, 4) is 0 Å². The van der Waals surface area contributed by atoms with Crippen molar-refractivity contribution in [3.05, 3.63) is 35.1 Å². The Morgan fingerprint density at radius 2 is 2.23 bits per heavy atom. The largest absolute Gasteiger partial charge is 0.235 e. The Bertz CT molecular complexity index is 336. The molecule has 0 bridgehead atoms. The van der Waals surface area contributed by atoms with E-state index in [0.29, 0.717) is 5.56 Å². The van der Waals surface area contributed by atoms with Crippen molar-refractivity contribution in [1.29, 1.82) is 0 Å². The lowest BCUT2D eigenvalue weighted by atomic mass is 10.0. The number of hydrogen-bond acceptors (Lipinski definition) is 2. The summed E-state index contributed by atoms with van der Waals surface area (Å²) in [5.41, 5.74) is 1.26. The smallest absolute Gasteiger partial charge is 0.211 e. The average molecular weight is 179 g/mol. The molecule has 1 atom stereocenters. The Balaban J connectivity index is 3.19. The quantitative estimate of drug-likeness (QED) is 0.506. The first-order valence-corrected chi connectivity index (χ1v) is 3.98. The number of carbonyl (C=O) groups excluding carboxylic acids is 1. The van der Waals surface area contributed by atoms with Crippen molar-refractivity contribution >= 4 is 6.08 Å². The molecule has 0 aromatic heterocycles. The summed E-state index contributed by atoms with van der Waals surface area (Å²) in [6.07, 6.45) is 1.43. The Labute approximate surface area is 76.1 Å². The van der Waals surface area contributed by atoms with Gasteiger partial charge in [-0.05, 0) is 25.5 Å². The Morgan fingerprint density at radius 3 is 2.77 bits per heavy atom. The molecule has 0 saturated heterocycles. The molecule has 0 heterocycles. The van der Waals surface area contributed by atoms with E-state index < -0.39 is 6.04 Å². The first-order chi connectivity index (χ1) is 6.16. The molecule has 13 heavy (non-hydrogen) atoms. The van der Waals surface area contributed by atoms with Gasteiger partial charge in [0.1, 0.15) is 5.82 Å². The predicted molar refractivity (Wildman–Crippen MR) is 47.7 cm³/mol. The summed E-state index contributed by atoms with van der Waals surface area (Å²) in [5.74, 6) is -0.327. The monoisotopic (exact) mass is 179 g/mol. The maximum atomic E-state index is 13.2. The molecule has 1 rings (SSSR count). The second-order valence-electron chi connectivity index (χ2n) is 2.87. The molecule has 0 radical (unpaired) electrons. The van der Waals surface area contributed by atoms with E-state index in [2.05, 4.69) is 4.99 Å². The van der Waals surface area contributed by atoms with Crippen LogP contribution in [0.5, 0.6) is 0 Å². The molecule has 1 unspecified atom stereocenters. The first-order valence-electron chi connectivity index (χ1n) is 3.98. The van der Waals surface area contributed by atoms with E-state index in [4.69, 9.17) is 0 Å². The lowest BCUT2D eigenvalue weighted by Crippen LogP contribution is -1.97. The van der Waals surface area contributed by atoms with Gasteiger partial charge < -0.3 is 0 Å². The maximum Gasteiger partial charge on any atom is 0.235 e. The minimum absolute atomic E-state index is 0.327. The van der Waals surface area contributed by atoms with Crippen LogP contribution in [0.2, 0.25) is 0 Å². The lowest BCUT2D eigenvalue weighted by molar-refractivity contribution is 0.555. The Morgan fingerprint density at radius 1 is 1.54 bits per heavy atom. The van der Waals surface area contributed by atoms with Crippen LogP contribution in [0.4, 0.5) is 4.39 Å². The minimum Gasteiger partial charge on any atom is -0.211 e. The van der Waals surface area contributed by atoms with Crippen LogP contribution >= 0.6 is 0 Å². The molecule has 0 spiro atoms. The van der Waals surface area contributed by atoms with Crippen molar-refractivity contribution in [2.75, 3.05) is 0 Å². The molecule has 3 heteroatoms. The van der Waals surface area contributed by atoms with Gasteiger partial charge >= 0.3 is 0 Å². The maximum absolute atomic E-state index is 13.2. The van der Waals surface area contributed by atoms with E-state index >= 15 is 0 Å². The number of hydrogen-bond donors (Lipinski definition) is 0. The van der Waals surface area contributed by atoms with E-state index in [0.717, 1.165) is 5.56 Å². The minimum atomic E-state index is -0.460. The average Bonchev–Trinajstić information content (AvgIpc) is 2.04. The summed E-state index contributed by atoms with van der Waals surface area (Å²) in [6, 6.07) is 4.32. The highest BCUT2D eigenvalue weighted by atomic mass is 19.1. The molecule has 0 saturated carbocycles. The third-order valence-corrected chi connectivity index (χ3v) is 1.94. The van der Waals surface area contributed by atoms with Gasteiger partial charge in [0.15, 0.2) is 0 Å². The van der Waals surface area contributed by atoms with Gasteiger partial charge in [-0.15, -0.1) is 0 Å². The van der Waals surface area contributed by atoms with Gasteiger partial charge in [-0.3, -0.25) is 0 Å². The molecule has 0 aliphatic rings. The lowest BCUT2D eigenvalue weighted by Gasteiger charge is -2.09. The van der Waals surface area contributed by atoms with Crippen LogP contribution in [0.15, 0.2) is 23.2 Å². The number of aliphatic imine (C=N–C) groups is 1. The van der Waals surface area contributed by atoms with Crippen LogP contribution in [0.3, 0.4) is 0 Å². The van der Waals surface area contributed by atoms with E-state index in [-0.39, 0.29) is 5.82 Å². The van der Waals surface area contributed by atoms with Crippen molar-refractivity contribution in [1.82, 2.24) is 0 Å². The van der Waals surface area contributed by atoms with Gasteiger partial charge in [0.2, 0.25) is 6.08 Å². The molecule has 1 aromatic carbocycles. The summed E-state index contributed by atoms with van der Waals surface area (Å²) < 4.78 is 13.2. The molecular weight excluding hydrogens is 169 g/mol. The van der Waals surface area contributed by atoms with Crippen molar-refractivity contribution in [2.24, 2.45) is 4.99 Å². The van der Waals surface area contributed by atoms with Gasteiger partial charge in [-0.1, -0.05) is 12.1 Å². The number of isocyanates is 1. The zero-order chi connectivity index (χ0) is 9.84. The summed E-state index contributed by atoms with van der Waals surface area (Å²) in [4.78, 5) is 13.5. The number of halogens is 1. The van der Waals surface area contributed by atoms with Crippen LogP contribution in [-0.4, -0.2) is 6.08 Å². The van der Waals surface area contributed by atoms with Gasteiger partial charge in [0.05, 0.1) is 6.04 Å². The van der Waals surface area contributed by atoms with Gasteiger partial charge in [0.25, 0.3) is 0 Å². The third-order valence-electron chi connectivity index (χ3n) is 1.94. The number of aryl methyl sites for hydroxylation is 1. The summed E-state index contributed by atoms with van der Waals surface area (Å²) in [6.45, 7) is 3.45. The first kappa shape index (κ1) is 9.62. The summed E-state index contributed by atoms with van der Waals surface area (Å²) in [5, 5.41) is 0. The fourth-order valence-corrected chi connectivity index (χ4v) is 1.32. The van der Waals surface area contributed by atoms with Crippen LogP contribution < -0.4 is 0 Å². The molecular formula is C10H10FNO. The highest BCUT2D eigenvalue weighted by Crippen LogP contribution is 2.22. The number of benzene rings is 1. The molecule has 2 nitrogen and oxygen atoms in total. The van der Waals surface area contributed by atoms with E-state index in [1.165, 1.54) is 12.1 Å². The normalized spacial score (nSPS) is 11.9. The van der Waals surface area contributed by atoms with Crippen LogP contribution in [0, 0.1) is 12.7 Å². The second-order valence-corrected chi connectivity index (χ2v) is 2.87. The fourth-order valence-electron chi connectivity index (χ4n) is 1.32. The van der Waals surface area contributed by atoms with Crippen molar-refractivity contribution < 1.29 is 9.18 Å². The summed E-state index contributed by atoms with van der Waals surface area (Å²) in [7, 11) is 0. The van der Waals surface area contributed by atoms with Crippen LogP contribution in [0.25, 0.3) is 0 Å². The molecule has 0 amide bonds. The van der Waals surface area contributed by atoms with Gasteiger partial charge in [-0.25, -0.2) is 9.18 Å². The molecule has 0 fully saturated rings. The summed E-state index contributed by atoms with van der Waals surface area (Å²) >= 11 is 0. The molecule has 0 aliphatic carbocycles. The third kappa shape index (κ3) is 2.01. The highest BCUT2D eigenvalue weighted by Gasteiger charge is 2.11. The predicted octanol–water partition coefficient (Wildman–Crippen LogP) is 2.53. The van der Waals surface area contributed by atoms with Crippen molar-refractivity contribution in [3.63, 3.8) is 0 Å². The fraction of sp³-hybridized carbons (Fsp3) is 0.300.